The van der Waals surface area contributed by atoms with Gasteiger partial charge in [0.05, 0.1) is 5.69 Å². The average molecular weight is 166 g/mol. The molecule has 12 heavy (non-hydrogen) atoms. The van der Waals surface area contributed by atoms with Gasteiger partial charge in [-0.3, -0.25) is 0 Å². The van der Waals surface area contributed by atoms with Crippen molar-refractivity contribution in [2.45, 2.75) is 0 Å². The summed E-state index contributed by atoms with van der Waals surface area (Å²) in [7, 11) is 0. The molecule has 0 atom stereocenters. The van der Waals surface area contributed by atoms with Crippen LogP contribution in [0.1, 0.15) is 0 Å². The number of carbonyl (C=O) groups excluding carboxylic acids is 1. The summed E-state index contributed by atoms with van der Waals surface area (Å²) in [5, 5.41) is 7.19. The average Bonchev–Trinajstić information content (AvgIpc) is 2.09. The van der Waals surface area contributed by atoms with Crippen molar-refractivity contribution in [1.29, 1.82) is 0 Å². The topological polar surface area (TPSA) is 41.8 Å². The number of aldehydes is 1. The third-order valence-electron chi connectivity index (χ3n) is 1.17. The van der Waals surface area contributed by atoms with E-state index in [4.69, 9.17) is 0 Å². The number of benzene rings is 1. The van der Waals surface area contributed by atoms with Gasteiger partial charge < -0.3 is 4.79 Å². The lowest BCUT2D eigenvalue weighted by Crippen LogP contribution is -1.75. The maximum absolute atomic E-state index is 12.3. The third-order valence-corrected chi connectivity index (χ3v) is 1.17. The van der Waals surface area contributed by atoms with Crippen LogP contribution < -0.4 is 0 Å². The normalized spacial score (nSPS) is 10.4. The van der Waals surface area contributed by atoms with E-state index in [1.807, 2.05) is 0 Å². The van der Waals surface area contributed by atoms with Crippen molar-refractivity contribution in [2.24, 2.45) is 10.2 Å². The van der Waals surface area contributed by atoms with Gasteiger partial charge in [0.25, 0.3) is 0 Å². The van der Waals surface area contributed by atoms with Crippen molar-refractivity contribution >= 4 is 12.0 Å². The second-order valence-corrected chi connectivity index (χ2v) is 2.07. The lowest BCUT2D eigenvalue weighted by molar-refractivity contribution is -0.106. The number of carbonyl (C=O) groups is 1. The van der Waals surface area contributed by atoms with Crippen LogP contribution in [0.4, 0.5) is 10.1 Å². The summed E-state index contributed by atoms with van der Waals surface area (Å²) in [6.07, 6.45) is 0.646. The van der Waals surface area contributed by atoms with E-state index in [-0.39, 0.29) is 12.4 Å². The molecule has 1 aromatic carbocycles. The SMILES string of the molecule is O=CCN=Nc1ccc(F)cc1. The zero-order chi connectivity index (χ0) is 8.81. The molecule has 0 aliphatic heterocycles. The van der Waals surface area contributed by atoms with Crippen molar-refractivity contribution in [1.82, 2.24) is 0 Å². The molecule has 0 saturated carbocycles. The summed E-state index contributed by atoms with van der Waals surface area (Å²) in [5.74, 6) is -0.315. The van der Waals surface area contributed by atoms with Crippen molar-refractivity contribution < 1.29 is 9.18 Å². The Morgan fingerprint density at radius 1 is 1.33 bits per heavy atom. The van der Waals surface area contributed by atoms with Gasteiger partial charge in [-0.15, -0.1) is 0 Å². The molecule has 0 aliphatic carbocycles. The molecule has 3 nitrogen and oxygen atoms in total. The molecular formula is C8H7FN2O. The molecular weight excluding hydrogens is 159 g/mol. The number of nitrogens with zero attached hydrogens (tertiary/aromatic N) is 2. The van der Waals surface area contributed by atoms with E-state index in [2.05, 4.69) is 10.2 Å². The molecule has 0 amide bonds. The lowest BCUT2D eigenvalue weighted by atomic mass is 10.3. The zero-order valence-corrected chi connectivity index (χ0v) is 6.27. The Bertz CT molecular complexity index is 282. The molecule has 1 rings (SSSR count). The molecule has 1 aromatic rings. The van der Waals surface area contributed by atoms with E-state index in [1.165, 1.54) is 24.3 Å². The smallest absolute Gasteiger partial charge is 0.143 e. The van der Waals surface area contributed by atoms with E-state index in [0.717, 1.165) is 0 Å². The predicted octanol–water partition coefficient (Wildman–Crippen LogP) is 2.11. The number of hydrogen-bond donors (Lipinski definition) is 0. The van der Waals surface area contributed by atoms with Gasteiger partial charge in [-0.1, -0.05) is 0 Å². The fourth-order valence-corrected chi connectivity index (χ4v) is 0.664. The van der Waals surface area contributed by atoms with Crippen molar-refractivity contribution in [3.8, 4) is 0 Å². The van der Waals surface area contributed by atoms with E-state index in [9.17, 15) is 9.18 Å². The first kappa shape index (κ1) is 8.52. The Labute approximate surface area is 68.9 Å². The zero-order valence-electron chi connectivity index (χ0n) is 6.27. The van der Waals surface area contributed by atoms with Crippen LogP contribution in [0, 0.1) is 5.82 Å². The molecule has 0 unspecified atom stereocenters. The summed E-state index contributed by atoms with van der Waals surface area (Å²) >= 11 is 0. The summed E-state index contributed by atoms with van der Waals surface area (Å²) in [6.45, 7) is 0.0391. The van der Waals surface area contributed by atoms with Gasteiger partial charge in [-0.25, -0.2) is 4.39 Å². The molecule has 0 aliphatic rings. The first-order valence-corrected chi connectivity index (χ1v) is 3.39. The van der Waals surface area contributed by atoms with Gasteiger partial charge >= 0.3 is 0 Å². The Kier molecular flexibility index (Phi) is 3.07. The van der Waals surface area contributed by atoms with Crippen LogP contribution in [0.3, 0.4) is 0 Å². The second-order valence-electron chi connectivity index (χ2n) is 2.07. The maximum Gasteiger partial charge on any atom is 0.143 e. The van der Waals surface area contributed by atoms with E-state index in [0.29, 0.717) is 12.0 Å². The molecule has 0 fully saturated rings. The fourth-order valence-electron chi connectivity index (χ4n) is 0.664. The fraction of sp³-hybridized carbons (Fsp3) is 0.125. The Balaban J connectivity index is 2.64. The molecule has 0 radical (unpaired) electrons. The highest BCUT2D eigenvalue weighted by molar-refractivity contribution is 5.52. The quantitative estimate of drug-likeness (QED) is 0.500. The van der Waals surface area contributed by atoms with Crippen LogP contribution in [0.5, 0.6) is 0 Å². The van der Waals surface area contributed by atoms with Crippen molar-refractivity contribution in [2.75, 3.05) is 6.54 Å². The highest BCUT2D eigenvalue weighted by Crippen LogP contribution is 2.11. The number of hydrogen-bond acceptors (Lipinski definition) is 3. The van der Waals surface area contributed by atoms with Gasteiger partial charge in [0.1, 0.15) is 18.6 Å². The van der Waals surface area contributed by atoms with Crippen molar-refractivity contribution in [3.05, 3.63) is 30.1 Å². The number of halogens is 1. The van der Waals surface area contributed by atoms with Crippen LogP contribution >= 0.6 is 0 Å². The summed E-state index contributed by atoms with van der Waals surface area (Å²) in [5.41, 5.74) is 0.540. The second kappa shape index (κ2) is 4.33. The standard InChI is InChI=1S/C8H7FN2O/c9-7-1-3-8(4-2-7)11-10-5-6-12/h1-4,6H,5H2. The van der Waals surface area contributed by atoms with Gasteiger partial charge in [-0.2, -0.15) is 10.2 Å². The minimum Gasteiger partial charge on any atom is -0.301 e. The molecule has 62 valence electrons. The van der Waals surface area contributed by atoms with Gasteiger partial charge in [0, 0.05) is 0 Å². The van der Waals surface area contributed by atoms with Gasteiger partial charge in [0.2, 0.25) is 0 Å². The van der Waals surface area contributed by atoms with E-state index in [1.54, 1.807) is 0 Å². The molecule has 0 N–H and O–H groups in total. The largest absolute Gasteiger partial charge is 0.301 e. The van der Waals surface area contributed by atoms with Gasteiger partial charge in [-0.05, 0) is 24.3 Å². The summed E-state index contributed by atoms with van der Waals surface area (Å²) in [4.78, 5) is 9.84. The molecule has 0 bridgehead atoms. The Morgan fingerprint density at radius 2 is 2.00 bits per heavy atom. The Hall–Kier alpha value is -1.58. The predicted molar refractivity (Wildman–Crippen MR) is 41.8 cm³/mol. The van der Waals surface area contributed by atoms with Crippen LogP contribution in [-0.2, 0) is 4.79 Å². The molecule has 0 aromatic heterocycles. The van der Waals surface area contributed by atoms with Crippen LogP contribution in [0.15, 0.2) is 34.5 Å². The lowest BCUT2D eigenvalue weighted by Gasteiger charge is -1.89. The highest BCUT2D eigenvalue weighted by atomic mass is 19.1. The molecule has 0 saturated heterocycles. The van der Waals surface area contributed by atoms with E-state index >= 15 is 0 Å². The highest BCUT2D eigenvalue weighted by Gasteiger charge is 1.89. The minimum absolute atomic E-state index is 0.0391. The van der Waals surface area contributed by atoms with Crippen LogP contribution in [0.2, 0.25) is 0 Å². The first-order chi connectivity index (χ1) is 5.83. The number of rotatable bonds is 3. The van der Waals surface area contributed by atoms with E-state index < -0.39 is 0 Å². The Morgan fingerprint density at radius 3 is 2.58 bits per heavy atom. The summed E-state index contributed by atoms with van der Waals surface area (Å²) in [6, 6.07) is 5.55. The minimum atomic E-state index is -0.315. The summed E-state index contributed by atoms with van der Waals surface area (Å²) < 4.78 is 12.3. The first-order valence-electron chi connectivity index (χ1n) is 3.39. The van der Waals surface area contributed by atoms with Crippen molar-refractivity contribution in [3.63, 3.8) is 0 Å². The molecule has 0 heterocycles. The maximum atomic E-state index is 12.3. The number of azo groups is 1. The molecule has 4 heteroatoms. The van der Waals surface area contributed by atoms with Crippen LogP contribution in [-0.4, -0.2) is 12.8 Å². The van der Waals surface area contributed by atoms with Crippen LogP contribution in [0.25, 0.3) is 0 Å². The third kappa shape index (κ3) is 2.57. The monoisotopic (exact) mass is 166 g/mol. The molecule has 0 spiro atoms. The van der Waals surface area contributed by atoms with Gasteiger partial charge in [0.15, 0.2) is 0 Å².